The molecule has 0 spiro atoms. The van der Waals surface area contributed by atoms with Crippen LogP contribution in [0.5, 0.6) is 11.5 Å². The second kappa shape index (κ2) is 8.15. The normalized spacial score (nSPS) is 15.3. The van der Waals surface area contributed by atoms with Crippen LogP contribution in [-0.4, -0.2) is 45.3 Å². The van der Waals surface area contributed by atoms with Crippen molar-refractivity contribution >= 4 is 32.4 Å². The number of benzene rings is 2. The van der Waals surface area contributed by atoms with E-state index in [1.165, 1.54) is 45.4 Å². The summed E-state index contributed by atoms with van der Waals surface area (Å²) in [5.41, 5.74) is 0.434. The zero-order chi connectivity index (χ0) is 22.1. The molecule has 158 valence electrons. The maximum absolute atomic E-state index is 13.2. The van der Waals surface area contributed by atoms with Crippen LogP contribution in [-0.2, 0) is 19.6 Å². The van der Waals surface area contributed by atoms with Crippen molar-refractivity contribution in [1.82, 2.24) is 4.31 Å². The highest BCUT2D eigenvalue weighted by Crippen LogP contribution is 2.35. The van der Waals surface area contributed by atoms with Crippen LogP contribution in [0.4, 0.5) is 10.1 Å². The van der Waals surface area contributed by atoms with Crippen molar-refractivity contribution in [2.75, 3.05) is 26.1 Å². The van der Waals surface area contributed by atoms with E-state index < -0.39 is 34.2 Å². The summed E-state index contributed by atoms with van der Waals surface area (Å²) >= 11 is 0. The van der Waals surface area contributed by atoms with Crippen LogP contribution in [0.3, 0.4) is 0 Å². The number of carbonyl (C=O) groups is 2. The number of methoxy groups -OCH3 is 2. The molecule has 1 heterocycles. The predicted molar refractivity (Wildman–Crippen MR) is 108 cm³/mol. The highest BCUT2D eigenvalue weighted by atomic mass is 32.2. The zero-order valence-corrected chi connectivity index (χ0v) is 17.2. The summed E-state index contributed by atoms with van der Waals surface area (Å²) in [7, 11) is -1.38. The maximum atomic E-state index is 13.2. The summed E-state index contributed by atoms with van der Waals surface area (Å²) in [5, 5.41) is 2.53. The number of halogens is 1. The molecule has 0 bridgehead atoms. The number of sulfonamides is 1. The summed E-state index contributed by atoms with van der Waals surface area (Å²) in [6.07, 6.45) is 0. The van der Waals surface area contributed by atoms with Crippen molar-refractivity contribution in [1.29, 1.82) is 0 Å². The van der Waals surface area contributed by atoms with Crippen molar-refractivity contribution in [2.45, 2.75) is 6.92 Å². The first-order valence-corrected chi connectivity index (χ1v) is 10.2. The van der Waals surface area contributed by atoms with Gasteiger partial charge in [-0.05, 0) is 24.6 Å². The van der Waals surface area contributed by atoms with Gasteiger partial charge in [-0.3, -0.25) is 9.59 Å². The Hall–Kier alpha value is -3.40. The fraction of sp³-hybridized carbons (Fsp3) is 0.200. The summed E-state index contributed by atoms with van der Waals surface area (Å²) in [6.45, 7) is 0.631. The Balaban J connectivity index is 1.83. The Morgan fingerprint density at radius 3 is 2.17 bits per heavy atom. The monoisotopic (exact) mass is 434 g/mol. The molecule has 0 saturated heterocycles. The van der Waals surface area contributed by atoms with Gasteiger partial charge in [0.1, 0.15) is 28.8 Å². The third-order valence-electron chi connectivity index (χ3n) is 4.46. The number of nitrogens with zero attached hydrogens (tertiary/aromatic N) is 1. The standard InChI is InChI=1S/C20H19FN2O6S/c1-12-19(13-4-6-14(21)7-5-13)30(26,27)23(20(12)25)11-18(24)22-15-8-16(28-2)10-17(9-15)29-3/h4-10H,11H2,1-3H3,(H,22,24). The van der Waals surface area contributed by atoms with Gasteiger partial charge >= 0.3 is 0 Å². The Morgan fingerprint density at radius 1 is 1.07 bits per heavy atom. The van der Waals surface area contributed by atoms with Gasteiger partial charge in [-0.25, -0.2) is 17.1 Å². The molecule has 0 aromatic heterocycles. The number of anilines is 1. The molecule has 1 N–H and O–H groups in total. The molecule has 10 heteroatoms. The van der Waals surface area contributed by atoms with Gasteiger partial charge in [0.2, 0.25) is 5.91 Å². The van der Waals surface area contributed by atoms with E-state index in [0.29, 0.717) is 21.5 Å². The van der Waals surface area contributed by atoms with Crippen molar-refractivity contribution < 1.29 is 31.9 Å². The third-order valence-corrected chi connectivity index (χ3v) is 6.40. The van der Waals surface area contributed by atoms with E-state index in [9.17, 15) is 22.4 Å². The van der Waals surface area contributed by atoms with Gasteiger partial charge in [-0.15, -0.1) is 0 Å². The van der Waals surface area contributed by atoms with Crippen molar-refractivity contribution in [2.24, 2.45) is 0 Å². The van der Waals surface area contributed by atoms with Gasteiger partial charge in [0.05, 0.1) is 14.2 Å². The largest absolute Gasteiger partial charge is 0.497 e. The minimum atomic E-state index is -4.27. The quantitative estimate of drug-likeness (QED) is 0.749. The Labute approximate surface area is 172 Å². The smallest absolute Gasteiger partial charge is 0.268 e. The highest BCUT2D eigenvalue weighted by molar-refractivity contribution is 7.99. The molecule has 0 fully saturated rings. The molecule has 0 saturated carbocycles. The molecule has 0 aliphatic carbocycles. The van der Waals surface area contributed by atoms with Crippen LogP contribution in [0.2, 0.25) is 0 Å². The van der Waals surface area contributed by atoms with Gasteiger partial charge in [-0.1, -0.05) is 12.1 Å². The number of rotatable bonds is 6. The minimum Gasteiger partial charge on any atom is -0.497 e. The molecule has 0 atom stereocenters. The summed E-state index contributed by atoms with van der Waals surface area (Å²) in [6, 6.07) is 9.38. The first-order chi connectivity index (χ1) is 14.2. The first kappa shape index (κ1) is 21.3. The average Bonchev–Trinajstić information content (AvgIpc) is 2.87. The fourth-order valence-corrected chi connectivity index (χ4v) is 4.80. The van der Waals surface area contributed by atoms with Crippen LogP contribution in [0, 0.1) is 5.82 Å². The van der Waals surface area contributed by atoms with Crippen molar-refractivity contribution in [3.8, 4) is 11.5 Å². The number of hydrogen-bond acceptors (Lipinski definition) is 6. The highest BCUT2D eigenvalue weighted by Gasteiger charge is 2.43. The minimum absolute atomic E-state index is 0.0440. The summed E-state index contributed by atoms with van der Waals surface area (Å²) in [5.74, 6) is -1.23. The Morgan fingerprint density at radius 2 is 1.63 bits per heavy atom. The third kappa shape index (κ3) is 3.99. The van der Waals surface area contributed by atoms with Crippen molar-refractivity contribution in [3.63, 3.8) is 0 Å². The van der Waals surface area contributed by atoms with Gasteiger partial charge in [0.25, 0.3) is 15.9 Å². The Bertz CT molecular complexity index is 1120. The van der Waals surface area contributed by atoms with E-state index in [4.69, 9.17) is 9.47 Å². The zero-order valence-electron chi connectivity index (χ0n) is 16.4. The fourth-order valence-electron chi connectivity index (χ4n) is 3.03. The first-order valence-electron chi connectivity index (χ1n) is 8.74. The van der Waals surface area contributed by atoms with Gasteiger partial charge in [0, 0.05) is 29.5 Å². The van der Waals surface area contributed by atoms with Gasteiger partial charge < -0.3 is 14.8 Å². The van der Waals surface area contributed by atoms with E-state index >= 15 is 0 Å². The molecule has 1 aliphatic heterocycles. The number of ether oxygens (including phenoxy) is 2. The Kier molecular flexibility index (Phi) is 5.79. The number of nitrogens with one attached hydrogen (secondary N) is 1. The van der Waals surface area contributed by atoms with E-state index in [0.717, 1.165) is 12.1 Å². The molecular formula is C20H19FN2O6S. The maximum Gasteiger partial charge on any atom is 0.268 e. The SMILES string of the molecule is COc1cc(NC(=O)CN2C(=O)C(C)=C(c3ccc(F)cc3)S2(=O)=O)cc(OC)c1. The van der Waals surface area contributed by atoms with Crippen LogP contribution in [0.1, 0.15) is 12.5 Å². The molecule has 0 radical (unpaired) electrons. The average molecular weight is 434 g/mol. The van der Waals surface area contributed by atoms with Crippen LogP contribution >= 0.6 is 0 Å². The van der Waals surface area contributed by atoms with Crippen LogP contribution in [0.25, 0.3) is 4.91 Å². The number of amides is 2. The molecule has 2 amide bonds. The second-order valence-corrected chi connectivity index (χ2v) is 8.23. The lowest BCUT2D eigenvalue weighted by Crippen LogP contribution is -2.38. The van der Waals surface area contributed by atoms with Gasteiger partial charge in [-0.2, -0.15) is 0 Å². The van der Waals surface area contributed by atoms with Crippen LogP contribution < -0.4 is 14.8 Å². The topological polar surface area (TPSA) is 102 Å². The lowest BCUT2D eigenvalue weighted by molar-refractivity contribution is -0.126. The number of carbonyl (C=O) groups excluding carboxylic acids is 2. The molecule has 2 aromatic rings. The number of hydrogen-bond donors (Lipinski definition) is 1. The van der Waals surface area contributed by atoms with Gasteiger partial charge in [0.15, 0.2) is 0 Å². The lowest BCUT2D eigenvalue weighted by atomic mass is 10.1. The molecule has 3 rings (SSSR count). The van der Waals surface area contributed by atoms with E-state index in [1.807, 2.05) is 0 Å². The second-order valence-electron chi connectivity index (χ2n) is 6.43. The van der Waals surface area contributed by atoms with E-state index in [-0.39, 0.29) is 16.0 Å². The molecule has 0 unspecified atom stereocenters. The van der Waals surface area contributed by atoms with E-state index in [1.54, 1.807) is 6.07 Å². The molecular weight excluding hydrogens is 415 g/mol. The molecule has 1 aliphatic rings. The molecule has 8 nitrogen and oxygen atoms in total. The summed E-state index contributed by atoms with van der Waals surface area (Å²) < 4.78 is 49.8. The van der Waals surface area contributed by atoms with E-state index in [2.05, 4.69) is 5.32 Å². The van der Waals surface area contributed by atoms with Crippen LogP contribution in [0.15, 0.2) is 48.0 Å². The molecule has 2 aromatic carbocycles. The predicted octanol–water partition coefficient (Wildman–Crippen LogP) is 2.38. The summed E-state index contributed by atoms with van der Waals surface area (Å²) in [4.78, 5) is 24.8. The lowest BCUT2D eigenvalue weighted by Gasteiger charge is -2.17. The van der Waals surface area contributed by atoms with Crippen molar-refractivity contribution in [3.05, 3.63) is 59.4 Å². The molecule has 30 heavy (non-hydrogen) atoms.